The quantitative estimate of drug-likeness (QED) is 0.491. The molecule has 0 aliphatic rings. The van der Waals surface area contributed by atoms with Gasteiger partial charge in [0, 0.05) is 11.9 Å². The van der Waals surface area contributed by atoms with Gasteiger partial charge in [-0.05, 0) is 6.92 Å². The van der Waals surface area contributed by atoms with E-state index < -0.39 is 18.0 Å². The van der Waals surface area contributed by atoms with Crippen LogP contribution in [0.2, 0.25) is 0 Å². The van der Waals surface area contributed by atoms with E-state index in [0.717, 1.165) is 0 Å². The Labute approximate surface area is 47.9 Å². The predicted octanol–water partition coefficient (Wildman–Crippen LogP) is -1.25. The van der Waals surface area contributed by atoms with Crippen LogP contribution < -0.4 is 5.11 Å². The topological polar surface area (TPSA) is 60.4 Å². The lowest BCUT2D eigenvalue weighted by atomic mass is 10.1. The number of carbonyl (C=O) groups excluding carboxylic acids is 1. The molecular formula is C5H9O3-. The van der Waals surface area contributed by atoms with Crippen LogP contribution in [0.5, 0.6) is 0 Å². The van der Waals surface area contributed by atoms with Gasteiger partial charge >= 0.3 is 0 Å². The molecule has 0 amide bonds. The van der Waals surface area contributed by atoms with Crippen molar-refractivity contribution in [3.63, 3.8) is 0 Å². The highest BCUT2D eigenvalue weighted by molar-refractivity contribution is 5.67. The van der Waals surface area contributed by atoms with Crippen LogP contribution in [-0.4, -0.2) is 17.2 Å². The predicted molar refractivity (Wildman–Crippen MR) is 25.9 cm³/mol. The Kier molecular flexibility index (Phi) is 2.48. The van der Waals surface area contributed by atoms with E-state index in [1.807, 2.05) is 0 Å². The Morgan fingerprint density at radius 3 is 2.00 bits per heavy atom. The Balaban J connectivity index is 3.64. The van der Waals surface area contributed by atoms with E-state index in [0.29, 0.717) is 0 Å². The molecule has 0 rings (SSSR count). The summed E-state index contributed by atoms with van der Waals surface area (Å²) in [6.45, 7) is 2.82. The van der Waals surface area contributed by atoms with Crippen LogP contribution in [-0.2, 0) is 4.79 Å². The number of aliphatic hydroxyl groups is 1. The minimum Gasteiger partial charge on any atom is -0.550 e. The molecule has 0 saturated carbocycles. The molecule has 0 bridgehead atoms. The third-order valence-corrected chi connectivity index (χ3v) is 1.10. The van der Waals surface area contributed by atoms with Gasteiger partial charge in [-0.25, -0.2) is 0 Å². The summed E-state index contributed by atoms with van der Waals surface area (Å²) >= 11 is 0. The highest BCUT2D eigenvalue weighted by Crippen LogP contribution is 1.98. The molecular weight excluding hydrogens is 108 g/mol. The molecule has 0 fully saturated rings. The van der Waals surface area contributed by atoms with Crippen molar-refractivity contribution >= 4 is 5.97 Å². The van der Waals surface area contributed by atoms with Crippen LogP contribution in [0.15, 0.2) is 0 Å². The number of carboxylic acids is 1. The zero-order chi connectivity index (χ0) is 6.73. The van der Waals surface area contributed by atoms with Crippen molar-refractivity contribution in [1.82, 2.24) is 0 Å². The van der Waals surface area contributed by atoms with Crippen molar-refractivity contribution in [2.45, 2.75) is 20.0 Å². The second kappa shape index (κ2) is 2.67. The summed E-state index contributed by atoms with van der Waals surface area (Å²) < 4.78 is 0. The van der Waals surface area contributed by atoms with Gasteiger partial charge in [0.15, 0.2) is 0 Å². The standard InChI is InChI=1S/C5H10O3/c1-3(4(2)6)5(7)8/h3-4,6H,1-2H3,(H,7,8)/p-1/t3-,4+/m0/s1. The molecule has 0 aliphatic carbocycles. The maximum Gasteiger partial charge on any atom is 0.0589 e. The van der Waals surface area contributed by atoms with Gasteiger partial charge in [0.1, 0.15) is 0 Å². The maximum absolute atomic E-state index is 9.87. The van der Waals surface area contributed by atoms with Crippen LogP contribution in [0.4, 0.5) is 0 Å². The van der Waals surface area contributed by atoms with Gasteiger partial charge < -0.3 is 15.0 Å². The molecule has 0 aromatic carbocycles. The van der Waals surface area contributed by atoms with Crippen molar-refractivity contribution in [3.8, 4) is 0 Å². The van der Waals surface area contributed by atoms with Crippen molar-refractivity contribution in [3.05, 3.63) is 0 Å². The summed E-state index contributed by atoms with van der Waals surface area (Å²) in [5.74, 6) is -1.98. The molecule has 0 aliphatic heterocycles. The fourth-order valence-corrected chi connectivity index (χ4v) is 0.197. The number of hydrogen-bond acceptors (Lipinski definition) is 3. The molecule has 0 radical (unpaired) electrons. The average molecular weight is 117 g/mol. The molecule has 3 heteroatoms. The first-order chi connectivity index (χ1) is 3.55. The molecule has 0 unspecified atom stereocenters. The van der Waals surface area contributed by atoms with E-state index in [-0.39, 0.29) is 0 Å². The van der Waals surface area contributed by atoms with E-state index in [9.17, 15) is 9.90 Å². The fraction of sp³-hybridized carbons (Fsp3) is 0.800. The van der Waals surface area contributed by atoms with Crippen molar-refractivity contribution < 1.29 is 15.0 Å². The second-order valence-corrected chi connectivity index (χ2v) is 1.85. The highest BCUT2D eigenvalue weighted by atomic mass is 16.4. The molecule has 0 spiro atoms. The maximum atomic E-state index is 9.87. The lowest BCUT2D eigenvalue weighted by molar-refractivity contribution is -0.313. The van der Waals surface area contributed by atoms with E-state index in [4.69, 9.17) is 5.11 Å². The molecule has 48 valence electrons. The van der Waals surface area contributed by atoms with E-state index in [1.54, 1.807) is 0 Å². The third-order valence-electron chi connectivity index (χ3n) is 1.10. The minimum absolute atomic E-state index is 0.769. The molecule has 2 atom stereocenters. The number of carbonyl (C=O) groups is 1. The number of carboxylic acid groups (broad SMARTS) is 1. The fourth-order valence-electron chi connectivity index (χ4n) is 0.197. The van der Waals surface area contributed by atoms with Gasteiger partial charge in [-0.15, -0.1) is 0 Å². The summed E-state index contributed by atoms with van der Waals surface area (Å²) in [6, 6.07) is 0. The Morgan fingerprint density at radius 2 is 2.00 bits per heavy atom. The summed E-state index contributed by atoms with van der Waals surface area (Å²) in [7, 11) is 0. The van der Waals surface area contributed by atoms with E-state index in [1.165, 1.54) is 13.8 Å². The first-order valence-corrected chi connectivity index (χ1v) is 2.44. The Morgan fingerprint density at radius 1 is 1.62 bits per heavy atom. The van der Waals surface area contributed by atoms with Crippen LogP contribution in [0.3, 0.4) is 0 Å². The molecule has 0 saturated heterocycles. The van der Waals surface area contributed by atoms with Gasteiger partial charge in [0.05, 0.1) is 6.10 Å². The van der Waals surface area contributed by atoms with Gasteiger partial charge in [0.2, 0.25) is 0 Å². The normalized spacial score (nSPS) is 17.4. The smallest absolute Gasteiger partial charge is 0.0589 e. The molecule has 0 aromatic rings. The summed E-state index contributed by atoms with van der Waals surface area (Å²) in [5.41, 5.74) is 0. The number of aliphatic hydroxyl groups excluding tert-OH is 1. The largest absolute Gasteiger partial charge is 0.550 e. The van der Waals surface area contributed by atoms with Gasteiger partial charge in [-0.1, -0.05) is 6.92 Å². The van der Waals surface area contributed by atoms with Crippen LogP contribution in [0.1, 0.15) is 13.8 Å². The van der Waals surface area contributed by atoms with E-state index >= 15 is 0 Å². The number of aliphatic carboxylic acids is 1. The average Bonchev–Trinajstić information content (AvgIpc) is 1.64. The molecule has 0 heterocycles. The van der Waals surface area contributed by atoms with Crippen molar-refractivity contribution in [2.75, 3.05) is 0 Å². The zero-order valence-electron chi connectivity index (χ0n) is 4.92. The van der Waals surface area contributed by atoms with Crippen molar-refractivity contribution in [2.24, 2.45) is 5.92 Å². The number of hydrogen-bond donors (Lipinski definition) is 1. The van der Waals surface area contributed by atoms with Gasteiger partial charge in [-0.2, -0.15) is 0 Å². The van der Waals surface area contributed by atoms with Gasteiger partial charge in [0.25, 0.3) is 0 Å². The first kappa shape index (κ1) is 7.43. The second-order valence-electron chi connectivity index (χ2n) is 1.85. The van der Waals surface area contributed by atoms with Crippen molar-refractivity contribution in [1.29, 1.82) is 0 Å². The molecule has 0 aromatic heterocycles. The molecule has 1 N–H and O–H groups in total. The summed E-state index contributed by atoms with van der Waals surface area (Å²) in [4.78, 5) is 9.87. The summed E-state index contributed by atoms with van der Waals surface area (Å²) in [6.07, 6.45) is -0.819. The molecule has 3 nitrogen and oxygen atoms in total. The Hall–Kier alpha value is -0.570. The molecule has 8 heavy (non-hydrogen) atoms. The Bertz CT molecular complexity index is 87.7. The monoisotopic (exact) mass is 117 g/mol. The lowest BCUT2D eigenvalue weighted by Crippen LogP contribution is -2.35. The van der Waals surface area contributed by atoms with Crippen LogP contribution in [0, 0.1) is 5.92 Å². The zero-order valence-corrected chi connectivity index (χ0v) is 4.92. The third kappa shape index (κ3) is 1.93. The van der Waals surface area contributed by atoms with Crippen LogP contribution >= 0.6 is 0 Å². The van der Waals surface area contributed by atoms with Crippen LogP contribution in [0.25, 0.3) is 0 Å². The minimum atomic E-state index is -1.21. The van der Waals surface area contributed by atoms with E-state index in [2.05, 4.69) is 0 Å². The SMILES string of the molecule is C[C@H](C(=O)[O-])[C@@H](C)O. The summed E-state index contributed by atoms with van der Waals surface area (Å²) in [5, 5.41) is 18.4. The first-order valence-electron chi connectivity index (χ1n) is 2.44. The highest BCUT2D eigenvalue weighted by Gasteiger charge is 2.07. The van der Waals surface area contributed by atoms with Gasteiger partial charge in [-0.3, -0.25) is 0 Å². The lowest BCUT2D eigenvalue weighted by Gasteiger charge is -2.14. The number of rotatable bonds is 2.